The second-order valence-corrected chi connectivity index (χ2v) is 8.20. The van der Waals surface area contributed by atoms with Gasteiger partial charge in [-0.15, -0.1) is 0 Å². The predicted octanol–water partition coefficient (Wildman–Crippen LogP) is 5.68. The van der Waals surface area contributed by atoms with Crippen molar-refractivity contribution in [1.82, 2.24) is 15.2 Å². The molecular weight excluding hydrogens is 452 g/mol. The first-order valence-corrected chi connectivity index (χ1v) is 10.6. The first-order chi connectivity index (χ1) is 15.0. The van der Waals surface area contributed by atoms with Crippen LogP contribution >= 0.6 is 15.9 Å². The zero-order valence-corrected chi connectivity index (χ0v) is 18.8. The van der Waals surface area contributed by atoms with Crippen molar-refractivity contribution in [3.05, 3.63) is 106 Å². The minimum atomic E-state index is -0.369. The number of nitrogens with zero attached hydrogens (tertiary/aromatic N) is 3. The van der Waals surface area contributed by atoms with Gasteiger partial charge in [0, 0.05) is 10.0 Å². The molecule has 0 bridgehead atoms. The molecule has 154 valence electrons. The van der Waals surface area contributed by atoms with E-state index in [0.717, 1.165) is 32.5 Å². The zero-order valence-electron chi connectivity index (χ0n) is 17.2. The molecule has 31 heavy (non-hydrogen) atoms. The van der Waals surface area contributed by atoms with E-state index in [2.05, 4.69) is 31.6 Å². The molecule has 0 saturated heterocycles. The van der Waals surface area contributed by atoms with Crippen LogP contribution in [0.3, 0.4) is 0 Å². The fourth-order valence-electron chi connectivity index (χ4n) is 3.19. The summed E-state index contributed by atoms with van der Waals surface area (Å²) in [6.07, 6.45) is 1.60. The number of carbonyl (C=O) groups excluding carboxylic acids is 1. The van der Waals surface area contributed by atoms with Crippen LogP contribution in [-0.2, 0) is 0 Å². The molecule has 0 atom stereocenters. The third-order valence-corrected chi connectivity index (χ3v) is 5.26. The highest BCUT2D eigenvalue weighted by molar-refractivity contribution is 9.10. The normalized spacial score (nSPS) is 11.1. The maximum absolute atomic E-state index is 12.7. The van der Waals surface area contributed by atoms with Gasteiger partial charge in [0.15, 0.2) is 5.69 Å². The molecule has 0 fully saturated rings. The molecule has 5 nitrogen and oxygen atoms in total. The molecule has 1 heterocycles. The van der Waals surface area contributed by atoms with Crippen LogP contribution in [0.5, 0.6) is 0 Å². The van der Waals surface area contributed by atoms with Crippen molar-refractivity contribution in [1.29, 1.82) is 0 Å². The Labute approximate surface area is 189 Å². The summed E-state index contributed by atoms with van der Waals surface area (Å²) in [5.41, 5.74) is 8.75. The maximum Gasteiger partial charge on any atom is 0.291 e. The number of nitrogens with one attached hydrogen (secondary N) is 1. The summed E-state index contributed by atoms with van der Waals surface area (Å²) in [5, 5.41) is 8.66. The van der Waals surface area contributed by atoms with E-state index in [1.807, 2.05) is 86.6 Å². The van der Waals surface area contributed by atoms with Crippen LogP contribution in [0, 0.1) is 13.8 Å². The van der Waals surface area contributed by atoms with Gasteiger partial charge in [-0.3, -0.25) is 4.79 Å². The zero-order chi connectivity index (χ0) is 21.8. The fourth-order valence-corrected chi connectivity index (χ4v) is 3.61. The first kappa shape index (κ1) is 20.8. The molecule has 0 saturated carbocycles. The lowest BCUT2D eigenvalue weighted by atomic mass is 10.1. The Balaban J connectivity index is 1.65. The number of carbonyl (C=O) groups is 1. The van der Waals surface area contributed by atoms with E-state index in [1.165, 1.54) is 5.56 Å². The Bertz CT molecular complexity index is 1260. The molecule has 1 aromatic heterocycles. The number of amides is 1. The van der Waals surface area contributed by atoms with Gasteiger partial charge in [0.2, 0.25) is 0 Å². The molecule has 0 aliphatic carbocycles. The topological polar surface area (TPSA) is 59.3 Å². The van der Waals surface area contributed by atoms with Gasteiger partial charge >= 0.3 is 0 Å². The van der Waals surface area contributed by atoms with E-state index in [9.17, 15) is 4.79 Å². The van der Waals surface area contributed by atoms with Gasteiger partial charge in [-0.05, 0) is 55.3 Å². The highest BCUT2D eigenvalue weighted by Crippen LogP contribution is 2.25. The molecule has 1 N–H and O–H groups in total. The van der Waals surface area contributed by atoms with Gasteiger partial charge in [0.25, 0.3) is 5.91 Å². The van der Waals surface area contributed by atoms with E-state index in [1.54, 1.807) is 17.0 Å². The molecule has 0 radical (unpaired) electrons. The number of aromatic nitrogens is 2. The summed E-state index contributed by atoms with van der Waals surface area (Å²) in [6.45, 7) is 4.08. The Hall–Kier alpha value is -3.51. The SMILES string of the molecule is Cc1ccc(-c2cc(C(=O)N/N=C\c3cccc(Br)c3)nn2-c2cccc(C)c2)cc1. The van der Waals surface area contributed by atoms with Crippen LogP contribution in [0.2, 0.25) is 0 Å². The van der Waals surface area contributed by atoms with Crippen LogP contribution in [-0.4, -0.2) is 21.9 Å². The number of hydrazone groups is 1. The number of aryl methyl sites for hydroxylation is 2. The van der Waals surface area contributed by atoms with Crippen molar-refractivity contribution in [2.75, 3.05) is 0 Å². The number of hydrogen-bond acceptors (Lipinski definition) is 3. The summed E-state index contributed by atoms with van der Waals surface area (Å²) < 4.78 is 2.74. The second kappa shape index (κ2) is 9.10. The van der Waals surface area contributed by atoms with E-state index < -0.39 is 0 Å². The average molecular weight is 473 g/mol. The van der Waals surface area contributed by atoms with E-state index >= 15 is 0 Å². The van der Waals surface area contributed by atoms with Gasteiger partial charge < -0.3 is 0 Å². The Kier molecular flexibility index (Phi) is 6.09. The summed E-state index contributed by atoms with van der Waals surface area (Å²) in [4.78, 5) is 12.7. The van der Waals surface area contributed by atoms with Gasteiger partial charge in [0.1, 0.15) is 0 Å². The number of benzene rings is 3. The highest BCUT2D eigenvalue weighted by atomic mass is 79.9. The number of halogens is 1. The summed E-state index contributed by atoms with van der Waals surface area (Å²) in [6, 6.07) is 25.6. The fraction of sp³-hybridized carbons (Fsp3) is 0.0800. The molecule has 0 aliphatic rings. The third kappa shape index (κ3) is 4.98. The largest absolute Gasteiger partial charge is 0.291 e. The molecule has 3 aromatic carbocycles. The number of rotatable bonds is 5. The Morgan fingerprint density at radius 2 is 1.74 bits per heavy atom. The molecule has 4 rings (SSSR count). The second-order valence-electron chi connectivity index (χ2n) is 7.29. The molecule has 1 amide bonds. The van der Waals surface area contributed by atoms with Crippen LogP contribution in [0.25, 0.3) is 16.9 Å². The van der Waals surface area contributed by atoms with Crippen molar-refractivity contribution < 1.29 is 4.79 Å². The summed E-state index contributed by atoms with van der Waals surface area (Å²) in [5.74, 6) is -0.369. The number of hydrogen-bond donors (Lipinski definition) is 1. The summed E-state index contributed by atoms with van der Waals surface area (Å²) >= 11 is 3.42. The maximum atomic E-state index is 12.7. The predicted molar refractivity (Wildman–Crippen MR) is 128 cm³/mol. The molecule has 4 aromatic rings. The smallest absolute Gasteiger partial charge is 0.265 e. The minimum absolute atomic E-state index is 0.295. The quantitative estimate of drug-likeness (QED) is 0.299. The van der Waals surface area contributed by atoms with Crippen LogP contribution in [0.4, 0.5) is 0 Å². The van der Waals surface area contributed by atoms with E-state index in [-0.39, 0.29) is 5.91 Å². The van der Waals surface area contributed by atoms with Gasteiger partial charge in [-0.2, -0.15) is 10.2 Å². The van der Waals surface area contributed by atoms with Crippen molar-refractivity contribution >= 4 is 28.1 Å². The van der Waals surface area contributed by atoms with Gasteiger partial charge in [0.05, 0.1) is 17.6 Å². The van der Waals surface area contributed by atoms with Crippen LogP contribution < -0.4 is 5.43 Å². The average Bonchev–Trinajstić information content (AvgIpc) is 3.20. The van der Waals surface area contributed by atoms with Crippen molar-refractivity contribution in [3.63, 3.8) is 0 Å². The van der Waals surface area contributed by atoms with Crippen molar-refractivity contribution in [2.24, 2.45) is 5.10 Å². The standard InChI is InChI=1S/C25H21BrN4O/c1-17-9-11-20(12-10-17)24-15-23(29-30(24)22-8-3-5-18(2)13-22)25(31)28-27-16-19-6-4-7-21(26)14-19/h3-16H,1-2H3,(H,28,31)/b27-16-. The lowest BCUT2D eigenvalue weighted by Crippen LogP contribution is -2.18. The molecule has 0 unspecified atom stereocenters. The first-order valence-electron chi connectivity index (χ1n) is 9.83. The van der Waals surface area contributed by atoms with Crippen LogP contribution in [0.1, 0.15) is 27.2 Å². The summed E-state index contributed by atoms with van der Waals surface area (Å²) in [7, 11) is 0. The van der Waals surface area contributed by atoms with Crippen molar-refractivity contribution in [2.45, 2.75) is 13.8 Å². The molecule has 0 spiro atoms. The molecule has 6 heteroatoms. The lowest BCUT2D eigenvalue weighted by molar-refractivity contribution is 0.0949. The Morgan fingerprint density at radius 1 is 0.968 bits per heavy atom. The Morgan fingerprint density at radius 3 is 2.48 bits per heavy atom. The lowest BCUT2D eigenvalue weighted by Gasteiger charge is -2.08. The van der Waals surface area contributed by atoms with E-state index in [4.69, 9.17) is 0 Å². The van der Waals surface area contributed by atoms with Crippen LogP contribution in [0.15, 0.2) is 88.4 Å². The monoisotopic (exact) mass is 472 g/mol. The van der Waals surface area contributed by atoms with Gasteiger partial charge in [-0.25, -0.2) is 10.1 Å². The molecule has 0 aliphatic heterocycles. The molecular formula is C25H21BrN4O. The van der Waals surface area contributed by atoms with Crippen molar-refractivity contribution in [3.8, 4) is 16.9 Å². The third-order valence-electron chi connectivity index (χ3n) is 4.76. The minimum Gasteiger partial charge on any atom is -0.265 e. The van der Waals surface area contributed by atoms with Gasteiger partial charge in [-0.1, -0.05) is 70.0 Å². The van der Waals surface area contributed by atoms with E-state index in [0.29, 0.717) is 5.69 Å². The highest BCUT2D eigenvalue weighted by Gasteiger charge is 2.16.